The molecule has 0 aliphatic rings. The number of hydrogen-bond acceptors (Lipinski definition) is 5. The number of pyridine rings is 1. The minimum Gasteiger partial charge on any atom is -0.465 e. The van der Waals surface area contributed by atoms with Crippen molar-refractivity contribution in [2.75, 3.05) is 18.9 Å². The van der Waals surface area contributed by atoms with Crippen molar-refractivity contribution in [3.8, 4) is 0 Å². The Kier molecular flexibility index (Phi) is 7.62. The van der Waals surface area contributed by atoms with E-state index >= 15 is 0 Å². The van der Waals surface area contributed by atoms with Gasteiger partial charge in [-0.15, -0.1) is 0 Å². The molecular formula is C15H24N2O2S. The van der Waals surface area contributed by atoms with Gasteiger partial charge in [-0.2, -0.15) is 0 Å². The third-order valence-corrected chi connectivity index (χ3v) is 3.68. The molecule has 4 nitrogen and oxygen atoms in total. The Hall–Kier alpha value is -1.07. The van der Waals surface area contributed by atoms with E-state index < -0.39 is 0 Å². The minimum absolute atomic E-state index is 0.193. The summed E-state index contributed by atoms with van der Waals surface area (Å²) < 4.78 is 4.91. The summed E-state index contributed by atoms with van der Waals surface area (Å²) in [4.78, 5) is 15.7. The number of carbonyl (C=O) groups excluding carboxylic acids is 1. The Morgan fingerprint density at radius 2 is 2.25 bits per heavy atom. The first-order valence-corrected chi connectivity index (χ1v) is 7.96. The van der Waals surface area contributed by atoms with Gasteiger partial charge in [0, 0.05) is 12.7 Å². The van der Waals surface area contributed by atoms with Crippen molar-refractivity contribution < 1.29 is 9.53 Å². The molecule has 0 unspecified atom stereocenters. The second-order valence-corrected chi connectivity index (χ2v) is 6.05. The van der Waals surface area contributed by atoms with Gasteiger partial charge in [-0.3, -0.25) is 4.79 Å². The minimum atomic E-state index is -0.193. The number of thioether (sulfide) groups is 1. The lowest BCUT2D eigenvalue weighted by atomic mass is 10.2. The number of nitrogens with zero attached hydrogens (tertiary/aromatic N) is 1. The number of ether oxygens (including phenoxy) is 1. The first-order chi connectivity index (χ1) is 9.52. The highest BCUT2D eigenvalue weighted by molar-refractivity contribution is 7.99. The fourth-order valence-electron chi connectivity index (χ4n) is 1.70. The van der Waals surface area contributed by atoms with Crippen LogP contribution in [0.4, 0.5) is 0 Å². The molecule has 1 aromatic rings. The van der Waals surface area contributed by atoms with E-state index in [1.165, 1.54) is 17.3 Å². The molecule has 5 heteroatoms. The number of hydrogen-bond donors (Lipinski definition) is 1. The molecular weight excluding hydrogens is 272 g/mol. The molecule has 1 heterocycles. The number of nitrogens with one attached hydrogen (secondary N) is 1. The van der Waals surface area contributed by atoms with E-state index in [1.807, 2.05) is 20.0 Å². The predicted molar refractivity (Wildman–Crippen MR) is 82.9 cm³/mol. The quantitative estimate of drug-likeness (QED) is 0.590. The van der Waals surface area contributed by atoms with E-state index in [-0.39, 0.29) is 5.97 Å². The lowest BCUT2D eigenvalue weighted by Crippen LogP contribution is -2.19. The predicted octanol–water partition coefficient (Wildman–Crippen LogP) is 2.79. The number of aromatic nitrogens is 1. The maximum atomic E-state index is 11.3. The van der Waals surface area contributed by atoms with Gasteiger partial charge < -0.3 is 10.1 Å². The van der Waals surface area contributed by atoms with Crippen LogP contribution in [0.3, 0.4) is 0 Å². The van der Waals surface area contributed by atoms with Gasteiger partial charge in [-0.25, -0.2) is 4.98 Å². The standard InChI is InChI=1S/C15H24N2O2S/c1-5-19-14(18)10-20-15-12(4)6-13(9-17-15)8-16-7-11(2)3/h6,9,11,16H,5,7-8,10H2,1-4H3. The Balaban J connectivity index is 2.48. The summed E-state index contributed by atoms with van der Waals surface area (Å²) in [5.41, 5.74) is 2.27. The molecule has 0 radical (unpaired) electrons. The molecule has 0 aliphatic carbocycles. The van der Waals surface area contributed by atoms with Gasteiger partial charge in [0.1, 0.15) is 0 Å². The van der Waals surface area contributed by atoms with Crippen molar-refractivity contribution in [1.29, 1.82) is 0 Å². The summed E-state index contributed by atoms with van der Waals surface area (Å²) in [5.74, 6) is 0.761. The Morgan fingerprint density at radius 3 is 2.85 bits per heavy atom. The maximum absolute atomic E-state index is 11.3. The summed E-state index contributed by atoms with van der Waals surface area (Å²) >= 11 is 1.43. The van der Waals surface area contributed by atoms with E-state index in [0.717, 1.165) is 23.7 Å². The van der Waals surface area contributed by atoms with Crippen LogP contribution in [0.5, 0.6) is 0 Å². The molecule has 0 fully saturated rings. The molecule has 0 saturated carbocycles. The van der Waals surface area contributed by atoms with Crippen LogP contribution in [-0.4, -0.2) is 29.9 Å². The van der Waals surface area contributed by atoms with Gasteiger partial charge >= 0.3 is 5.97 Å². The zero-order valence-electron chi connectivity index (χ0n) is 12.7. The van der Waals surface area contributed by atoms with Gasteiger partial charge in [0.15, 0.2) is 0 Å². The monoisotopic (exact) mass is 296 g/mol. The van der Waals surface area contributed by atoms with E-state index in [1.54, 1.807) is 0 Å². The highest BCUT2D eigenvalue weighted by atomic mass is 32.2. The van der Waals surface area contributed by atoms with Gasteiger partial charge in [-0.05, 0) is 37.4 Å². The fraction of sp³-hybridized carbons (Fsp3) is 0.600. The molecule has 20 heavy (non-hydrogen) atoms. The molecule has 1 N–H and O–H groups in total. The summed E-state index contributed by atoms with van der Waals surface area (Å²) in [6, 6.07) is 2.12. The molecule has 0 aliphatic heterocycles. The van der Waals surface area contributed by atoms with Gasteiger partial charge in [0.2, 0.25) is 0 Å². The number of esters is 1. The third-order valence-electron chi connectivity index (χ3n) is 2.60. The van der Waals surface area contributed by atoms with Crippen LogP contribution in [0, 0.1) is 12.8 Å². The molecule has 0 amide bonds. The molecule has 112 valence electrons. The average Bonchev–Trinajstić information content (AvgIpc) is 2.37. The van der Waals surface area contributed by atoms with Crippen molar-refractivity contribution in [2.24, 2.45) is 5.92 Å². The number of aryl methyl sites for hydroxylation is 1. The summed E-state index contributed by atoms with van der Waals surface area (Å²) in [5, 5.41) is 4.29. The number of rotatable bonds is 8. The lowest BCUT2D eigenvalue weighted by molar-refractivity contribution is -0.139. The van der Waals surface area contributed by atoms with Crippen molar-refractivity contribution >= 4 is 17.7 Å². The van der Waals surface area contributed by atoms with Crippen molar-refractivity contribution in [3.63, 3.8) is 0 Å². The van der Waals surface area contributed by atoms with Crippen LogP contribution in [0.25, 0.3) is 0 Å². The van der Waals surface area contributed by atoms with E-state index in [0.29, 0.717) is 18.3 Å². The third kappa shape index (κ3) is 6.39. The zero-order chi connectivity index (χ0) is 15.0. The van der Waals surface area contributed by atoms with Crippen LogP contribution >= 0.6 is 11.8 Å². The zero-order valence-corrected chi connectivity index (χ0v) is 13.5. The van der Waals surface area contributed by atoms with Crippen LogP contribution in [0.2, 0.25) is 0 Å². The van der Waals surface area contributed by atoms with Crippen molar-refractivity contribution in [1.82, 2.24) is 10.3 Å². The SMILES string of the molecule is CCOC(=O)CSc1ncc(CNCC(C)C)cc1C. The first-order valence-electron chi connectivity index (χ1n) is 6.97. The summed E-state index contributed by atoms with van der Waals surface area (Å²) in [7, 11) is 0. The van der Waals surface area contributed by atoms with Crippen LogP contribution in [-0.2, 0) is 16.1 Å². The molecule has 0 spiro atoms. The summed E-state index contributed by atoms with van der Waals surface area (Å²) in [6.07, 6.45) is 1.87. The average molecular weight is 296 g/mol. The Labute approximate surface area is 125 Å². The fourth-order valence-corrected chi connectivity index (χ4v) is 2.46. The first kappa shape index (κ1) is 17.0. The second kappa shape index (κ2) is 8.97. The smallest absolute Gasteiger partial charge is 0.316 e. The highest BCUT2D eigenvalue weighted by Gasteiger charge is 2.07. The van der Waals surface area contributed by atoms with Gasteiger partial charge in [0.05, 0.1) is 17.4 Å². The molecule has 1 rings (SSSR count). The van der Waals surface area contributed by atoms with Crippen LogP contribution in [0.15, 0.2) is 17.3 Å². The van der Waals surface area contributed by atoms with E-state index in [4.69, 9.17) is 4.74 Å². The summed E-state index contributed by atoms with van der Waals surface area (Å²) in [6.45, 7) is 10.5. The molecule has 0 atom stereocenters. The second-order valence-electron chi connectivity index (χ2n) is 5.08. The molecule has 1 aromatic heterocycles. The van der Waals surface area contributed by atoms with Crippen LogP contribution in [0.1, 0.15) is 31.9 Å². The van der Waals surface area contributed by atoms with Crippen molar-refractivity contribution in [3.05, 3.63) is 23.4 Å². The maximum Gasteiger partial charge on any atom is 0.316 e. The lowest BCUT2D eigenvalue weighted by Gasteiger charge is -2.09. The number of carbonyl (C=O) groups is 1. The highest BCUT2D eigenvalue weighted by Crippen LogP contribution is 2.20. The van der Waals surface area contributed by atoms with Gasteiger partial charge in [-0.1, -0.05) is 31.7 Å². The van der Waals surface area contributed by atoms with E-state index in [2.05, 4.69) is 30.2 Å². The molecule has 0 bridgehead atoms. The largest absolute Gasteiger partial charge is 0.465 e. The van der Waals surface area contributed by atoms with Gasteiger partial charge in [0.25, 0.3) is 0 Å². The van der Waals surface area contributed by atoms with Crippen molar-refractivity contribution in [2.45, 2.75) is 39.3 Å². The van der Waals surface area contributed by atoms with E-state index in [9.17, 15) is 4.79 Å². The molecule has 0 saturated heterocycles. The van der Waals surface area contributed by atoms with Crippen LogP contribution < -0.4 is 5.32 Å². The molecule has 0 aromatic carbocycles. The Morgan fingerprint density at radius 1 is 1.50 bits per heavy atom. The topological polar surface area (TPSA) is 51.2 Å². The normalized spacial score (nSPS) is 10.8. The Bertz CT molecular complexity index is 436.